The first-order valence-electron chi connectivity index (χ1n) is 5.78. The van der Waals surface area contributed by atoms with Crippen LogP contribution in [0, 0.1) is 0 Å². The lowest BCUT2D eigenvalue weighted by molar-refractivity contribution is 0.381. The molecule has 88 valence electrons. The molecule has 0 saturated heterocycles. The van der Waals surface area contributed by atoms with E-state index in [0.29, 0.717) is 6.54 Å². The van der Waals surface area contributed by atoms with Crippen LogP contribution in [0.1, 0.15) is 17.2 Å². The predicted octanol–water partition coefficient (Wildman–Crippen LogP) is 3.49. The number of benzene rings is 2. The lowest BCUT2D eigenvalue weighted by Crippen LogP contribution is -2.22. The van der Waals surface area contributed by atoms with E-state index < -0.39 is 6.67 Å². The number of hydrogen-bond acceptors (Lipinski definition) is 1. The molecule has 2 aromatic rings. The van der Waals surface area contributed by atoms with Crippen LogP contribution in [-0.2, 0) is 6.54 Å². The monoisotopic (exact) mass is 229 g/mol. The molecular weight excluding hydrogens is 213 g/mol. The third kappa shape index (κ3) is 3.40. The van der Waals surface area contributed by atoms with Gasteiger partial charge >= 0.3 is 0 Å². The highest BCUT2D eigenvalue weighted by atomic mass is 19.1. The van der Waals surface area contributed by atoms with Gasteiger partial charge in [-0.3, -0.25) is 0 Å². The molecule has 0 saturated carbocycles. The molecule has 17 heavy (non-hydrogen) atoms. The van der Waals surface area contributed by atoms with Crippen LogP contribution >= 0.6 is 0 Å². The van der Waals surface area contributed by atoms with Crippen LogP contribution in [0.15, 0.2) is 60.7 Å². The Bertz CT molecular complexity index is 427. The number of rotatable bonds is 5. The van der Waals surface area contributed by atoms with Crippen molar-refractivity contribution in [1.29, 1.82) is 0 Å². The molecule has 0 radical (unpaired) electrons. The Morgan fingerprint density at radius 2 is 1.47 bits per heavy atom. The van der Waals surface area contributed by atoms with Crippen LogP contribution in [0.3, 0.4) is 0 Å². The van der Waals surface area contributed by atoms with Crippen molar-refractivity contribution < 1.29 is 4.39 Å². The number of hydrogen-bond donors (Lipinski definition) is 1. The molecular formula is C15H16FN. The molecule has 1 unspecified atom stereocenters. The summed E-state index contributed by atoms with van der Waals surface area (Å²) in [7, 11) is 0. The molecule has 0 heterocycles. The summed E-state index contributed by atoms with van der Waals surface area (Å²) in [5.74, 6) is 0. The normalized spacial score (nSPS) is 12.3. The Morgan fingerprint density at radius 3 is 2.06 bits per heavy atom. The van der Waals surface area contributed by atoms with E-state index in [0.717, 1.165) is 5.56 Å². The minimum Gasteiger partial charge on any atom is -0.304 e. The van der Waals surface area contributed by atoms with Crippen molar-refractivity contribution in [3.8, 4) is 0 Å². The highest BCUT2D eigenvalue weighted by Gasteiger charge is 2.09. The average molecular weight is 229 g/mol. The van der Waals surface area contributed by atoms with Crippen LogP contribution < -0.4 is 5.32 Å². The van der Waals surface area contributed by atoms with Gasteiger partial charge < -0.3 is 5.32 Å². The van der Waals surface area contributed by atoms with E-state index in [4.69, 9.17) is 0 Å². The Balaban J connectivity index is 1.97. The summed E-state index contributed by atoms with van der Waals surface area (Å²) in [5, 5.41) is 3.23. The van der Waals surface area contributed by atoms with Gasteiger partial charge in [-0.1, -0.05) is 60.7 Å². The number of nitrogens with one attached hydrogen (secondary N) is 1. The van der Waals surface area contributed by atoms with E-state index in [9.17, 15) is 4.39 Å². The molecule has 0 aromatic heterocycles. The summed E-state index contributed by atoms with van der Waals surface area (Å²) in [5.41, 5.74) is 2.16. The third-order valence-corrected chi connectivity index (χ3v) is 2.75. The minimum atomic E-state index is -0.392. The first-order valence-corrected chi connectivity index (χ1v) is 5.78. The molecule has 0 aliphatic carbocycles. The first-order chi connectivity index (χ1) is 8.40. The van der Waals surface area contributed by atoms with Gasteiger partial charge in [0.2, 0.25) is 0 Å². The maximum atomic E-state index is 13.0. The van der Waals surface area contributed by atoms with Crippen molar-refractivity contribution in [2.24, 2.45) is 0 Å². The van der Waals surface area contributed by atoms with Crippen LogP contribution in [0.4, 0.5) is 4.39 Å². The van der Waals surface area contributed by atoms with E-state index in [2.05, 4.69) is 5.32 Å². The Labute approximate surface area is 101 Å². The van der Waals surface area contributed by atoms with Gasteiger partial charge in [0.05, 0.1) is 6.04 Å². The molecule has 1 atom stereocenters. The molecule has 0 bridgehead atoms. The second-order valence-corrected chi connectivity index (χ2v) is 3.98. The number of halogens is 1. The van der Waals surface area contributed by atoms with Gasteiger partial charge in [-0.15, -0.1) is 0 Å². The topological polar surface area (TPSA) is 12.0 Å². The summed E-state index contributed by atoms with van der Waals surface area (Å²) in [4.78, 5) is 0. The fourth-order valence-electron chi connectivity index (χ4n) is 1.78. The molecule has 0 amide bonds. The van der Waals surface area contributed by atoms with E-state index in [1.807, 2.05) is 60.7 Å². The van der Waals surface area contributed by atoms with Crippen LogP contribution in [0.25, 0.3) is 0 Å². The fourth-order valence-corrected chi connectivity index (χ4v) is 1.78. The second kappa shape index (κ2) is 6.16. The molecule has 2 rings (SSSR count). The standard InChI is InChI=1S/C15H16FN/c16-11-15(14-9-5-2-6-10-14)17-12-13-7-3-1-4-8-13/h1-10,15,17H,11-12H2. The Morgan fingerprint density at radius 1 is 0.882 bits per heavy atom. The first kappa shape index (κ1) is 11.8. The van der Waals surface area contributed by atoms with Gasteiger partial charge in [-0.2, -0.15) is 0 Å². The van der Waals surface area contributed by atoms with Crippen LogP contribution in [-0.4, -0.2) is 6.67 Å². The van der Waals surface area contributed by atoms with E-state index >= 15 is 0 Å². The van der Waals surface area contributed by atoms with Crippen molar-refractivity contribution in [2.75, 3.05) is 6.67 Å². The quantitative estimate of drug-likeness (QED) is 0.827. The zero-order chi connectivity index (χ0) is 11.9. The SMILES string of the molecule is FCC(NCc1ccccc1)c1ccccc1. The zero-order valence-corrected chi connectivity index (χ0v) is 9.64. The van der Waals surface area contributed by atoms with E-state index in [-0.39, 0.29) is 6.04 Å². The van der Waals surface area contributed by atoms with Crippen LogP contribution in [0.5, 0.6) is 0 Å². The van der Waals surface area contributed by atoms with Gasteiger partial charge in [0.25, 0.3) is 0 Å². The Hall–Kier alpha value is -1.67. The highest BCUT2D eigenvalue weighted by Crippen LogP contribution is 2.13. The minimum absolute atomic E-state index is 0.226. The largest absolute Gasteiger partial charge is 0.304 e. The number of alkyl halides is 1. The van der Waals surface area contributed by atoms with Gasteiger partial charge in [-0.25, -0.2) is 4.39 Å². The molecule has 2 heteroatoms. The second-order valence-electron chi connectivity index (χ2n) is 3.98. The molecule has 0 aliphatic heterocycles. The van der Waals surface area contributed by atoms with Crippen LogP contribution in [0.2, 0.25) is 0 Å². The summed E-state index contributed by atoms with van der Waals surface area (Å²) in [6, 6.07) is 19.5. The highest BCUT2D eigenvalue weighted by molar-refractivity contribution is 5.20. The summed E-state index contributed by atoms with van der Waals surface area (Å²) < 4.78 is 13.0. The fraction of sp³-hybridized carbons (Fsp3) is 0.200. The van der Waals surface area contributed by atoms with E-state index in [1.165, 1.54) is 5.56 Å². The third-order valence-electron chi connectivity index (χ3n) is 2.75. The predicted molar refractivity (Wildman–Crippen MR) is 68.4 cm³/mol. The molecule has 0 fully saturated rings. The van der Waals surface area contributed by atoms with Crippen molar-refractivity contribution >= 4 is 0 Å². The lowest BCUT2D eigenvalue weighted by Gasteiger charge is -2.15. The van der Waals surface area contributed by atoms with Gasteiger partial charge in [0.15, 0.2) is 0 Å². The van der Waals surface area contributed by atoms with Crippen molar-refractivity contribution in [3.63, 3.8) is 0 Å². The molecule has 0 spiro atoms. The summed E-state index contributed by atoms with van der Waals surface area (Å²) in [6.07, 6.45) is 0. The lowest BCUT2D eigenvalue weighted by atomic mass is 10.1. The zero-order valence-electron chi connectivity index (χ0n) is 9.64. The Kier molecular flexibility index (Phi) is 4.28. The molecule has 2 aromatic carbocycles. The molecule has 1 nitrogen and oxygen atoms in total. The van der Waals surface area contributed by atoms with Crippen molar-refractivity contribution in [2.45, 2.75) is 12.6 Å². The van der Waals surface area contributed by atoms with Gasteiger partial charge in [0.1, 0.15) is 6.67 Å². The smallest absolute Gasteiger partial charge is 0.109 e. The van der Waals surface area contributed by atoms with Gasteiger partial charge in [0, 0.05) is 6.54 Å². The van der Waals surface area contributed by atoms with Crippen molar-refractivity contribution in [3.05, 3.63) is 71.8 Å². The van der Waals surface area contributed by atoms with E-state index in [1.54, 1.807) is 0 Å². The van der Waals surface area contributed by atoms with Crippen molar-refractivity contribution in [1.82, 2.24) is 5.32 Å². The average Bonchev–Trinajstić information content (AvgIpc) is 2.42. The maximum Gasteiger partial charge on any atom is 0.109 e. The molecule has 1 N–H and O–H groups in total. The maximum absolute atomic E-state index is 13.0. The molecule has 0 aliphatic rings. The van der Waals surface area contributed by atoms with Gasteiger partial charge in [-0.05, 0) is 11.1 Å². The summed E-state index contributed by atoms with van der Waals surface area (Å²) in [6.45, 7) is 0.293. The summed E-state index contributed by atoms with van der Waals surface area (Å²) >= 11 is 0.